The third kappa shape index (κ3) is 2.05. The SMILES string of the molecule is Cc1ccc(N2CC=CC3=C2C(=O)c2ccccc2C3=O)c(C)c1. The largest absolute Gasteiger partial charge is 0.334 e. The number of carbonyl (C=O) groups is 2. The Labute approximate surface area is 140 Å². The minimum Gasteiger partial charge on any atom is -0.334 e. The minimum absolute atomic E-state index is 0.0779. The maximum absolute atomic E-state index is 13.1. The normalized spacial score (nSPS) is 16.3. The Balaban J connectivity index is 1.91. The molecule has 0 radical (unpaired) electrons. The molecule has 3 heteroatoms. The molecule has 0 N–H and O–H groups in total. The van der Waals surface area contributed by atoms with Gasteiger partial charge >= 0.3 is 0 Å². The van der Waals surface area contributed by atoms with Crippen molar-refractivity contribution in [3.8, 4) is 0 Å². The molecule has 0 aromatic heterocycles. The molecule has 2 aliphatic rings. The molecular weight excluding hydrogens is 298 g/mol. The summed E-state index contributed by atoms with van der Waals surface area (Å²) in [6.07, 6.45) is 3.72. The fraction of sp³-hybridized carbons (Fsp3) is 0.143. The van der Waals surface area contributed by atoms with Crippen molar-refractivity contribution in [2.75, 3.05) is 11.4 Å². The number of aryl methyl sites for hydroxylation is 2. The summed E-state index contributed by atoms with van der Waals surface area (Å²) in [5, 5.41) is 0. The fourth-order valence-electron chi connectivity index (χ4n) is 3.50. The smallest absolute Gasteiger partial charge is 0.210 e. The molecule has 0 bridgehead atoms. The lowest BCUT2D eigenvalue weighted by Gasteiger charge is -2.33. The first-order chi connectivity index (χ1) is 11.6. The van der Waals surface area contributed by atoms with Gasteiger partial charge in [0.2, 0.25) is 5.78 Å². The van der Waals surface area contributed by atoms with Crippen LogP contribution >= 0.6 is 0 Å². The first-order valence-corrected chi connectivity index (χ1v) is 8.02. The number of allylic oxidation sites excluding steroid dienone is 3. The van der Waals surface area contributed by atoms with Crippen LogP contribution in [0.4, 0.5) is 5.69 Å². The molecule has 1 heterocycles. The van der Waals surface area contributed by atoms with Crippen molar-refractivity contribution in [3.63, 3.8) is 0 Å². The average Bonchev–Trinajstić information content (AvgIpc) is 2.59. The number of carbonyl (C=O) groups excluding carboxylic acids is 2. The molecule has 118 valence electrons. The van der Waals surface area contributed by atoms with E-state index >= 15 is 0 Å². The first-order valence-electron chi connectivity index (χ1n) is 8.02. The van der Waals surface area contributed by atoms with Gasteiger partial charge in [0.1, 0.15) is 5.70 Å². The van der Waals surface area contributed by atoms with Crippen molar-refractivity contribution in [3.05, 3.63) is 88.1 Å². The van der Waals surface area contributed by atoms with E-state index in [0.29, 0.717) is 28.9 Å². The molecule has 0 amide bonds. The Morgan fingerprint density at radius 2 is 1.62 bits per heavy atom. The van der Waals surface area contributed by atoms with Crippen LogP contribution in [-0.2, 0) is 0 Å². The molecule has 4 rings (SSSR count). The predicted molar refractivity (Wildman–Crippen MR) is 94.5 cm³/mol. The highest BCUT2D eigenvalue weighted by molar-refractivity contribution is 6.29. The second-order valence-corrected chi connectivity index (χ2v) is 6.27. The molecule has 0 saturated carbocycles. The van der Waals surface area contributed by atoms with Gasteiger partial charge in [-0.1, -0.05) is 54.1 Å². The van der Waals surface area contributed by atoms with E-state index in [1.807, 2.05) is 37.0 Å². The Bertz CT molecular complexity index is 950. The predicted octanol–water partition coefficient (Wildman–Crippen LogP) is 4.01. The second kappa shape index (κ2) is 5.31. The van der Waals surface area contributed by atoms with Gasteiger partial charge in [-0.3, -0.25) is 9.59 Å². The molecule has 0 spiro atoms. The number of hydrogen-bond acceptors (Lipinski definition) is 3. The van der Waals surface area contributed by atoms with Crippen LogP contribution in [0, 0.1) is 13.8 Å². The van der Waals surface area contributed by atoms with E-state index in [2.05, 4.69) is 6.07 Å². The van der Waals surface area contributed by atoms with E-state index in [9.17, 15) is 9.59 Å². The van der Waals surface area contributed by atoms with Crippen molar-refractivity contribution >= 4 is 17.3 Å². The summed E-state index contributed by atoms with van der Waals surface area (Å²) in [6, 6.07) is 13.2. The third-order valence-electron chi connectivity index (χ3n) is 4.62. The highest BCUT2D eigenvalue weighted by atomic mass is 16.1. The van der Waals surface area contributed by atoms with Crippen molar-refractivity contribution in [2.24, 2.45) is 0 Å². The van der Waals surface area contributed by atoms with Crippen molar-refractivity contribution in [2.45, 2.75) is 13.8 Å². The number of ketones is 2. The number of nitrogens with zero attached hydrogens (tertiary/aromatic N) is 1. The van der Waals surface area contributed by atoms with Crippen molar-refractivity contribution in [1.29, 1.82) is 0 Å². The summed E-state index contributed by atoms with van der Waals surface area (Å²) in [6.45, 7) is 4.66. The van der Waals surface area contributed by atoms with E-state index in [0.717, 1.165) is 11.3 Å². The first kappa shape index (κ1) is 14.6. The molecule has 2 aromatic rings. The Morgan fingerprint density at radius 1 is 0.917 bits per heavy atom. The van der Waals surface area contributed by atoms with E-state index < -0.39 is 0 Å². The lowest BCUT2D eigenvalue weighted by molar-refractivity contribution is 0.0974. The topological polar surface area (TPSA) is 37.4 Å². The Kier molecular flexibility index (Phi) is 3.24. The molecule has 3 nitrogen and oxygen atoms in total. The van der Waals surface area contributed by atoms with Crippen LogP contribution in [0.15, 0.2) is 65.9 Å². The van der Waals surface area contributed by atoms with E-state index in [-0.39, 0.29) is 11.6 Å². The van der Waals surface area contributed by atoms with Gasteiger partial charge in [-0.2, -0.15) is 0 Å². The minimum atomic E-state index is -0.0791. The molecule has 0 atom stereocenters. The summed E-state index contributed by atoms with van der Waals surface area (Å²) in [4.78, 5) is 27.9. The highest BCUT2D eigenvalue weighted by Gasteiger charge is 2.35. The Morgan fingerprint density at radius 3 is 2.33 bits per heavy atom. The maximum Gasteiger partial charge on any atom is 0.210 e. The quantitative estimate of drug-likeness (QED) is 0.798. The average molecular weight is 315 g/mol. The standard InChI is InChI=1S/C21H17NO2/c1-13-9-10-18(14(2)12-13)22-11-5-8-17-19(22)21(24)16-7-4-3-6-15(16)20(17)23/h3-10,12H,11H2,1-2H3. The summed E-state index contributed by atoms with van der Waals surface area (Å²) >= 11 is 0. The summed E-state index contributed by atoms with van der Waals surface area (Å²) in [5.74, 6) is -0.157. The van der Waals surface area contributed by atoms with Crippen LogP contribution in [0.2, 0.25) is 0 Å². The van der Waals surface area contributed by atoms with Gasteiger partial charge in [0.05, 0.1) is 5.57 Å². The summed E-state index contributed by atoms with van der Waals surface area (Å²) < 4.78 is 0. The third-order valence-corrected chi connectivity index (χ3v) is 4.62. The van der Waals surface area contributed by atoms with E-state index in [4.69, 9.17) is 0 Å². The molecule has 0 fully saturated rings. The number of fused-ring (bicyclic) bond motifs is 1. The summed E-state index contributed by atoms with van der Waals surface area (Å²) in [7, 11) is 0. The molecule has 2 aromatic carbocycles. The number of Topliss-reactive ketones (excluding diaryl/α,β-unsaturated/α-hetero) is 2. The molecular formula is C21H17NO2. The van der Waals surface area contributed by atoms with Gasteiger partial charge in [-0.25, -0.2) is 0 Å². The van der Waals surface area contributed by atoms with Gasteiger partial charge in [0, 0.05) is 23.4 Å². The molecule has 1 aliphatic heterocycles. The van der Waals surface area contributed by atoms with Crippen LogP contribution < -0.4 is 4.90 Å². The van der Waals surface area contributed by atoms with Crippen LogP contribution in [0.1, 0.15) is 31.8 Å². The maximum atomic E-state index is 13.1. The zero-order chi connectivity index (χ0) is 16.8. The monoisotopic (exact) mass is 315 g/mol. The van der Waals surface area contributed by atoms with Gasteiger partial charge in [0.25, 0.3) is 0 Å². The molecule has 24 heavy (non-hydrogen) atoms. The van der Waals surface area contributed by atoms with E-state index in [1.54, 1.807) is 30.3 Å². The van der Waals surface area contributed by atoms with Crippen LogP contribution in [0.5, 0.6) is 0 Å². The number of rotatable bonds is 1. The van der Waals surface area contributed by atoms with Crippen molar-refractivity contribution < 1.29 is 9.59 Å². The lowest BCUT2D eigenvalue weighted by atomic mass is 9.85. The zero-order valence-electron chi connectivity index (χ0n) is 13.7. The van der Waals surface area contributed by atoms with Crippen LogP contribution in [0.25, 0.3) is 0 Å². The zero-order valence-corrected chi connectivity index (χ0v) is 13.7. The second-order valence-electron chi connectivity index (χ2n) is 6.27. The summed E-state index contributed by atoms with van der Waals surface area (Å²) in [5.41, 5.74) is 5.21. The highest BCUT2D eigenvalue weighted by Crippen LogP contribution is 2.35. The number of hydrogen-bond donors (Lipinski definition) is 0. The number of benzene rings is 2. The fourth-order valence-corrected chi connectivity index (χ4v) is 3.50. The van der Waals surface area contributed by atoms with Gasteiger partial charge in [-0.05, 0) is 25.5 Å². The van der Waals surface area contributed by atoms with Crippen LogP contribution in [-0.4, -0.2) is 18.1 Å². The van der Waals surface area contributed by atoms with Gasteiger partial charge < -0.3 is 4.90 Å². The molecule has 0 unspecified atom stereocenters. The Hall–Kier alpha value is -2.94. The number of anilines is 1. The van der Waals surface area contributed by atoms with Gasteiger partial charge in [0.15, 0.2) is 5.78 Å². The molecule has 0 saturated heterocycles. The molecule has 1 aliphatic carbocycles. The van der Waals surface area contributed by atoms with Crippen molar-refractivity contribution in [1.82, 2.24) is 0 Å². The van der Waals surface area contributed by atoms with Crippen LogP contribution in [0.3, 0.4) is 0 Å². The van der Waals surface area contributed by atoms with Gasteiger partial charge in [-0.15, -0.1) is 0 Å². The lowest BCUT2D eigenvalue weighted by Crippen LogP contribution is -2.36. The van der Waals surface area contributed by atoms with E-state index in [1.165, 1.54) is 5.56 Å².